The lowest BCUT2D eigenvalue weighted by Crippen LogP contribution is -2.45. The molecule has 88 valence electrons. The highest BCUT2D eigenvalue weighted by Gasteiger charge is 2.40. The molecule has 2 fully saturated rings. The van der Waals surface area contributed by atoms with Crippen molar-refractivity contribution in [2.24, 2.45) is 11.1 Å². The third-order valence-electron chi connectivity index (χ3n) is 4.30. The summed E-state index contributed by atoms with van der Waals surface area (Å²) in [6.07, 6.45) is 8.03. The SMILES string of the molecule is CCCN(CC1(C)CCCC1N)C1CC1. The molecule has 2 N–H and O–H groups in total. The number of nitrogens with zero attached hydrogens (tertiary/aromatic N) is 1. The fraction of sp³-hybridized carbons (Fsp3) is 1.00. The Morgan fingerprint density at radius 3 is 2.53 bits per heavy atom. The van der Waals surface area contributed by atoms with Crippen LogP contribution >= 0.6 is 0 Å². The van der Waals surface area contributed by atoms with Crippen LogP contribution in [0.3, 0.4) is 0 Å². The standard InChI is InChI=1S/C13H26N2/c1-3-9-15(11-6-7-11)10-13(2)8-4-5-12(13)14/h11-12H,3-10,14H2,1-2H3. The molecule has 2 unspecified atom stereocenters. The van der Waals surface area contributed by atoms with E-state index in [4.69, 9.17) is 5.73 Å². The quantitative estimate of drug-likeness (QED) is 0.755. The van der Waals surface area contributed by atoms with Gasteiger partial charge in [-0.25, -0.2) is 0 Å². The molecule has 2 aliphatic rings. The van der Waals surface area contributed by atoms with Crippen molar-refractivity contribution < 1.29 is 0 Å². The Morgan fingerprint density at radius 2 is 2.07 bits per heavy atom. The second kappa shape index (κ2) is 4.42. The van der Waals surface area contributed by atoms with E-state index in [1.54, 1.807) is 0 Å². The third kappa shape index (κ3) is 2.54. The first-order valence-corrected chi connectivity index (χ1v) is 6.65. The van der Waals surface area contributed by atoms with E-state index in [2.05, 4.69) is 18.7 Å². The molecule has 2 heteroatoms. The average molecular weight is 210 g/mol. The van der Waals surface area contributed by atoms with Gasteiger partial charge in [-0.15, -0.1) is 0 Å². The Hall–Kier alpha value is -0.0800. The van der Waals surface area contributed by atoms with E-state index in [9.17, 15) is 0 Å². The summed E-state index contributed by atoms with van der Waals surface area (Å²) < 4.78 is 0. The molecule has 0 heterocycles. The van der Waals surface area contributed by atoms with E-state index >= 15 is 0 Å². The van der Waals surface area contributed by atoms with Crippen LogP contribution in [0.15, 0.2) is 0 Å². The lowest BCUT2D eigenvalue weighted by Gasteiger charge is -2.35. The van der Waals surface area contributed by atoms with E-state index in [-0.39, 0.29) is 0 Å². The highest BCUT2D eigenvalue weighted by Crippen LogP contribution is 2.39. The topological polar surface area (TPSA) is 29.3 Å². The molecular formula is C13H26N2. The molecule has 0 aromatic heterocycles. The zero-order valence-electron chi connectivity index (χ0n) is 10.3. The van der Waals surface area contributed by atoms with E-state index in [1.165, 1.54) is 51.6 Å². The first kappa shape index (κ1) is 11.4. The molecule has 0 aromatic rings. The zero-order valence-corrected chi connectivity index (χ0v) is 10.3. The number of nitrogens with two attached hydrogens (primary N) is 1. The van der Waals surface area contributed by atoms with Crippen LogP contribution in [0, 0.1) is 5.41 Å². The molecule has 2 rings (SSSR count). The summed E-state index contributed by atoms with van der Waals surface area (Å²) in [5, 5.41) is 0. The molecule has 15 heavy (non-hydrogen) atoms. The minimum absolute atomic E-state index is 0.401. The monoisotopic (exact) mass is 210 g/mol. The van der Waals surface area contributed by atoms with Crippen molar-refractivity contribution in [1.29, 1.82) is 0 Å². The predicted octanol–water partition coefficient (Wildman–Crippen LogP) is 2.38. The van der Waals surface area contributed by atoms with Crippen LogP contribution in [-0.4, -0.2) is 30.1 Å². The first-order valence-electron chi connectivity index (χ1n) is 6.65. The van der Waals surface area contributed by atoms with Crippen molar-refractivity contribution in [3.05, 3.63) is 0 Å². The highest BCUT2D eigenvalue weighted by molar-refractivity contribution is 4.96. The first-order chi connectivity index (χ1) is 7.15. The fourth-order valence-electron chi connectivity index (χ4n) is 3.04. The molecule has 0 bridgehead atoms. The van der Waals surface area contributed by atoms with Gasteiger partial charge in [-0.2, -0.15) is 0 Å². The Bertz CT molecular complexity index is 213. The maximum Gasteiger partial charge on any atom is 0.0105 e. The van der Waals surface area contributed by atoms with Crippen LogP contribution in [0.2, 0.25) is 0 Å². The minimum atomic E-state index is 0.401. The maximum atomic E-state index is 6.25. The van der Waals surface area contributed by atoms with E-state index in [1.807, 2.05) is 0 Å². The second-order valence-corrected chi connectivity index (χ2v) is 5.85. The van der Waals surface area contributed by atoms with E-state index in [0.717, 1.165) is 6.04 Å². The molecule has 0 saturated heterocycles. The van der Waals surface area contributed by atoms with Crippen LogP contribution in [0.1, 0.15) is 52.4 Å². The van der Waals surface area contributed by atoms with Gasteiger partial charge >= 0.3 is 0 Å². The summed E-state index contributed by atoms with van der Waals surface area (Å²) in [6, 6.07) is 1.34. The summed E-state index contributed by atoms with van der Waals surface area (Å²) >= 11 is 0. The van der Waals surface area contributed by atoms with Crippen LogP contribution in [0.25, 0.3) is 0 Å². The summed E-state index contributed by atoms with van der Waals surface area (Å²) in [5.74, 6) is 0. The van der Waals surface area contributed by atoms with Gasteiger partial charge in [-0.1, -0.05) is 20.3 Å². The van der Waals surface area contributed by atoms with E-state index < -0.39 is 0 Å². The van der Waals surface area contributed by atoms with Crippen molar-refractivity contribution in [2.45, 2.75) is 64.5 Å². The van der Waals surface area contributed by atoms with Crippen LogP contribution in [0.4, 0.5) is 0 Å². The van der Waals surface area contributed by atoms with Crippen LogP contribution in [0.5, 0.6) is 0 Å². The Kier molecular flexibility index (Phi) is 3.36. The summed E-state index contributed by atoms with van der Waals surface area (Å²) in [7, 11) is 0. The maximum absolute atomic E-state index is 6.25. The Labute approximate surface area is 94.2 Å². The molecule has 2 saturated carbocycles. The molecule has 0 spiro atoms. The van der Waals surface area contributed by atoms with Gasteiger partial charge in [-0.05, 0) is 44.1 Å². The molecular weight excluding hydrogens is 184 g/mol. The summed E-state index contributed by atoms with van der Waals surface area (Å²) in [4.78, 5) is 2.70. The molecule has 0 radical (unpaired) electrons. The molecule has 2 nitrogen and oxygen atoms in total. The number of rotatable bonds is 5. The third-order valence-corrected chi connectivity index (χ3v) is 4.30. The molecule has 0 amide bonds. The highest BCUT2D eigenvalue weighted by atomic mass is 15.2. The summed E-state index contributed by atoms with van der Waals surface area (Å²) in [5.41, 5.74) is 6.65. The van der Waals surface area contributed by atoms with Gasteiger partial charge in [0.05, 0.1) is 0 Å². The van der Waals surface area contributed by atoms with Gasteiger partial charge in [0, 0.05) is 18.6 Å². The fourth-order valence-corrected chi connectivity index (χ4v) is 3.04. The smallest absolute Gasteiger partial charge is 0.0105 e. The molecule has 0 aliphatic heterocycles. The number of hydrogen-bond donors (Lipinski definition) is 1. The van der Waals surface area contributed by atoms with Crippen molar-refractivity contribution in [3.8, 4) is 0 Å². The zero-order chi connectivity index (χ0) is 10.9. The van der Waals surface area contributed by atoms with Gasteiger partial charge in [-0.3, -0.25) is 4.90 Å². The van der Waals surface area contributed by atoms with Gasteiger partial charge in [0.1, 0.15) is 0 Å². The lowest BCUT2D eigenvalue weighted by molar-refractivity contribution is 0.146. The number of hydrogen-bond acceptors (Lipinski definition) is 2. The van der Waals surface area contributed by atoms with Crippen molar-refractivity contribution in [1.82, 2.24) is 4.90 Å². The van der Waals surface area contributed by atoms with Crippen LogP contribution in [-0.2, 0) is 0 Å². The van der Waals surface area contributed by atoms with Gasteiger partial charge in [0.25, 0.3) is 0 Å². The van der Waals surface area contributed by atoms with E-state index in [0.29, 0.717) is 11.5 Å². The predicted molar refractivity (Wildman–Crippen MR) is 64.8 cm³/mol. The Morgan fingerprint density at radius 1 is 1.33 bits per heavy atom. The minimum Gasteiger partial charge on any atom is -0.327 e. The van der Waals surface area contributed by atoms with Crippen molar-refractivity contribution >= 4 is 0 Å². The largest absolute Gasteiger partial charge is 0.327 e. The lowest BCUT2D eigenvalue weighted by atomic mass is 9.84. The molecule has 0 aromatic carbocycles. The molecule has 2 atom stereocenters. The summed E-state index contributed by atoms with van der Waals surface area (Å²) in [6.45, 7) is 7.20. The van der Waals surface area contributed by atoms with Crippen molar-refractivity contribution in [2.75, 3.05) is 13.1 Å². The second-order valence-electron chi connectivity index (χ2n) is 5.85. The Balaban J connectivity index is 1.92. The van der Waals surface area contributed by atoms with Gasteiger partial charge in [0.15, 0.2) is 0 Å². The average Bonchev–Trinajstić information content (AvgIpc) is 2.96. The van der Waals surface area contributed by atoms with Crippen molar-refractivity contribution in [3.63, 3.8) is 0 Å². The molecule has 2 aliphatic carbocycles. The normalized spacial score (nSPS) is 36.4. The van der Waals surface area contributed by atoms with Crippen LogP contribution < -0.4 is 5.73 Å². The van der Waals surface area contributed by atoms with Gasteiger partial charge in [0.2, 0.25) is 0 Å². The van der Waals surface area contributed by atoms with Gasteiger partial charge < -0.3 is 5.73 Å².